The van der Waals surface area contributed by atoms with Crippen molar-refractivity contribution in [3.8, 4) is 0 Å². The van der Waals surface area contributed by atoms with Gasteiger partial charge in [-0.05, 0) is 26.0 Å². The molecular formula is C13H17N3O5. The van der Waals surface area contributed by atoms with Crippen molar-refractivity contribution in [2.24, 2.45) is 5.92 Å². The van der Waals surface area contributed by atoms with Crippen LogP contribution in [0.1, 0.15) is 12.0 Å². The quantitative estimate of drug-likeness (QED) is 0.654. The Bertz CT molecular complexity index is 549. The molecule has 0 saturated carbocycles. The third-order valence-corrected chi connectivity index (χ3v) is 3.80. The van der Waals surface area contributed by atoms with E-state index in [0.717, 1.165) is 12.5 Å². The van der Waals surface area contributed by atoms with Crippen LogP contribution in [0.3, 0.4) is 0 Å². The van der Waals surface area contributed by atoms with Crippen molar-refractivity contribution in [1.29, 1.82) is 0 Å². The molecule has 0 radical (unpaired) electrons. The van der Waals surface area contributed by atoms with Gasteiger partial charge in [-0.2, -0.15) is 0 Å². The van der Waals surface area contributed by atoms with Gasteiger partial charge in [0.25, 0.3) is 11.4 Å². The number of nitro groups is 2. The minimum atomic E-state index is -0.628. The van der Waals surface area contributed by atoms with Crippen molar-refractivity contribution in [1.82, 2.24) is 5.32 Å². The van der Waals surface area contributed by atoms with Crippen LogP contribution in [-0.4, -0.2) is 36.1 Å². The van der Waals surface area contributed by atoms with Crippen molar-refractivity contribution >= 4 is 11.4 Å². The normalized spacial score (nSPS) is 22.0. The number of benzene rings is 1. The molecule has 1 heterocycles. The Morgan fingerprint density at radius 2 is 2.10 bits per heavy atom. The van der Waals surface area contributed by atoms with Gasteiger partial charge in [0.15, 0.2) is 0 Å². The second kappa shape index (κ2) is 6.59. The van der Waals surface area contributed by atoms with Crippen LogP contribution in [-0.2, 0) is 11.2 Å². The highest BCUT2D eigenvalue weighted by Gasteiger charge is 2.28. The molecule has 1 aliphatic rings. The first-order valence-electron chi connectivity index (χ1n) is 6.69. The standard InChI is InChI=1S/C13H17N3O5/c1-14-12-4-5-21-8-10(12)6-9-2-3-11(15(17)18)7-13(9)16(19)20/h2-3,7,10,12,14H,4-6,8H2,1H3. The lowest BCUT2D eigenvalue weighted by molar-refractivity contribution is -0.394. The summed E-state index contributed by atoms with van der Waals surface area (Å²) in [5.74, 6) is 0.115. The number of hydrogen-bond donors (Lipinski definition) is 1. The molecule has 2 rings (SSSR count). The van der Waals surface area contributed by atoms with Crippen LogP contribution in [0.4, 0.5) is 11.4 Å². The van der Waals surface area contributed by atoms with E-state index < -0.39 is 9.85 Å². The number of nitrogens with zero attached hydrogens (tertiary/aromatic N) is 2. The minimum Gasteiger partial charge on any atom is -0.381 e. The maximum Gasteiger partial charge on any atom is 0.279 e. The van der Waals surface area contributed by atoms with Crippen LogP contribution in [0.5, 0.6) is 0 Å². The lowest BCUT2D eigenvalue weighted by atomic mass is 9.89. The van der Waals surface area contributed by atoms with Gasteiger partial charge in [-0.15, -0.1) is 0 Å². The van der Waals surface area contributed by atoms with E-state index in [9.17, 15) is 20.2 Å². The molecular weight excluding hydrogens is 278 g/mol. The number of rotatable bonds is 5. The SMILES string of the molecule is CNC1CCOCC1Cc1ccc([N+](=O)[O-])cc1[N+](=O)[O-]. The average molecular weight is 295 g/mol. The highest BCUT2D eigenvalue weighted by Crippen LogP contribution is 2.29. The van der Waals surface area contributed by atoms with Crippen LogP contribution >= 0.6 is 0 Å². The second-order valence-corrected chi connectivity index (χ2v) is 5.05. The van der Waals surface area contributed by atoms with Crippen molar-refractivity contribution in [2.45, 2.75) is 18.9 Å². The smallest absolute Gasteiger partial charge is 0.279 e. The molecule has 1 aliphatic heterocycles. The van der Waals surface area contributed by atoms with Crippen molar-refractivity contribution in [3.63, 3.8) is 0 Å². The van der Waals surface area contributed by atoms with E-state index in [-0.39, 0.29) is 23.3 Å². The molecule has 0 bridgehead atoms. The zero-order valence-electron chi connectivity index (χ0n) is 11.7. The van der Waals surface area contributed by atoms with Crippen molar-refractivity contribution in [3.05, 3.63) is 44.0 Å². The number of ether oxygens (including phenoxy) is 1. The molecule has 0 aromatic heterocycles. The first-order chi connectivity index (χ1) is 10.0. The molecule has 21 heavy (non-hydrogen) atoms. The van der Waals surface area contributed by atoms with Gasteiger partial charge in [-0.3, -0.25) is 20.2 Å². The zero-order valence-corrected chi connectivity index (χ0v) is 11.7. The topological polar surface area (TPSA) is 108 Å². The summed E-state index contributed by atoms with van der Waals surface area (Å²) in [5.41, 5.74) is 0.0292. The lowest BCUT2D eigenvalue weighted by Crippen LogP contribution is -2.42. The summed E-state index contributed by atoms with van der Waals surface area (Å²) < 4.78 is 5.43. The average Bonchev–Trinajstić information content (AvgIpc) is 2.47. The molecule has 0 aliphatic carbocycles. The zero-order chi connectivity index (χ0) is 15.4. The largest absolute Gasteiger partial charge is 0.381 e. The fraction of sp³-hybridized carbons (Fsp3) is 0.538. The molecule has 8 nitrogen and oxygen atoms in total. The molecule has 1 fully saturated rings. The maximum atomic E-state index is 11.1. The minimum absolute atomic E-state index is 0.115. The van der Waals surface area contributed by atoms with Gasteiger partial charge >= 0.3 is 0 Å². The van der Waals surface area contributed by atoms with Gasteiger partial charge in [-0.1, -0.05) is 0 Å². The number of nitrogens with one attached hydrogen (secondary N) is 1. The molecule has 1 aromatic rings. The fourth-order valence-corrected chi connectivity index (χ4v) is 2.67. The molecule has 1 N–H and O–H groups in total. The van der Waals surface area contributed by atoms with E-state index in [2.05, 4.69) is 5.32 Å². The van der Waals surface area contributed by atoms with E-state index in [1.165, 1.54) is 12.1 Å². The lowest BCUT2D eigenvalue weighted by Gasteiger charge is -2.31. The van der Waals surface area contributed by atoms with Gasteiger partial charge in [0.1, 0.15) is 0 Å². The third-order valence-electron chi connectivity index (χ3n) is 3.80. The van der Waals surface area contributed by atoms with Gasteiger partial charge in [0, 0.05) is 30.2 Å². The summed E-state index contributed by atoms with van der Waals surface area (Å²) in [6.45, 7) is 1.20. The number of nitro benzene ring substituents is 2. The highest BCUT2D eigenvalue weighted by atomic mass is 16.6. The van der Waals surface area contributed by atoms with Crippen molar-refractivity contribution in [2.75, 3.05) is 20.3 Å². The summed E-state index contributed by atoms with van der Waals surface area (Å²) in [7, 11) is 1.85. The predicted octanol–water partition coefficient (Wildman–Crippen LogP) is 1.67. The summed E-state index contributed by atoms with van der Waals surface area (Å²) in [5, 5.41) is 25.0. The summed E-state index contributed by atoms with van der Waals surface area (Å²) in [4.78, 5) is 20.7. The molecule has 114 valence electrons. The fourth-order valence-electron chi connectivity index (χ4n) is 2.67. The van der Waals surface area contributed by atoms with Gasteiger partial charge in [0.05, 0.1) is 22.5 Å². The summed E-state index contributed by atoms with van der Waals surface area (Å²) in [6.07, 6.45) is 1.31. The molecule has 2 unspecified atom stereocenters. The molecule has 8 heteroatoms. The van der Waals surface area contributed by atoms with Gasteiger partial charge < -0.3 is 10.1 Å². The highest BCUT2D eigenvalue weighted by molar-refractivity contribution is 5.49. The number of non-ortho nitro benzene ring substituents is 1. The second-order valence-electron chi connectivity index (χ2n) is 5.05. The monoisotopic (exact) mass is 295 g/mol. The molecule has 1 saturated heterocycles. The van der Waals surface area contributed by atoms with E-state index in [1.54, 1.807) is 0 Å². The molecule has 1 aromatic carbocycles. The summed E-state index contributed by atoms with van der Waals surface area (Å²) >= 11 is 0. The van der Waals surface area contributed by atoms with Crippen LogP contribution in [0.25, 0.3) is 0 Å². The number of hydrogen-bond acceptors (Lipinski definition) is 6. The van der Waals surface area contributed by atoms with Crippen LogP contribution < -0.4 is 5.32 Å². The Hall–Kier alpha value is -2.06. The third kappa shape index (κ3) is 3.53. The Balaban J connectivity index is 2.26. The first-order valence-corrected chi connectivity index (χ1v) is 6.69. The predicted molar refractivity (Wildman–Crippen MR) is 75.2 cm³/mol. The Morgan fingerprint density at radius 3 is 2.71 bits per heavy atom. The van der Waals surface area contributed by atoms with E-state index >= 15 is 0 Å². The first kappa shape index (κ1) is 15.3. The maximum absolute atomic E-state index is 11.1. The summed E-state index contributed by atoms with van der Waals surface area (Å²) in [6, 6.07) is 4.03. The van der Waals surface area contributed by atoms with Crippen LogP contribution in [0.2, 0.25) is 0 Å². The van der Waals surface area contributed by atoms with Crippen molar-refractivity contribution < 1.29 is 14.6 Å². The molecule has 0 amide bonds. The van der Waals surface area contributed by atoms with Gasteiger partial charge in [0.2, 0.25) is 0 Å². The van der Waals surface area contributed by atoms with E-state index in [0.29, 0.717) is 25.2 Å². The van der Waals surface area contributed by atoms with Crippen LogP contribution in [0.15, 0.2) is 18.2 Å². The molecule has 2 atom stereocenters. The van der Waals surface area contributed by atoms with E-state index in [4.69, 9.17) is 4.74 Å². The Kier molecular flexibility index (Phi) is 4.81. The molecule has 0 spiro atoms. The van der Waals surface area contributed by atoms with Gasteiger partial charge in [-0.25, -0.2) is 0 Å². The van der Waals surface area contributed by atoms with E-state index in [1.807, 2.05) is 7.05 Å². The Labute approximate surface area is 121 Å². The van der Waals surface area contributed by atoms with Crippen LogP contribution in [0, 0.1) is 26.1 Å². The Morgan fingerprint density at radius 1 is 1.33 bits per heavy atom.